The fourth-order valence-corrected chi connectivity index (χ4v) is 3.95. The minimum absolute atomic E-state index is 0.766. The predicted octanol–water partition coefficient (Wildman–Crippen LogP) is 4.14. The van der Waals surface area contributed by atoms with Gasteiger partial charge in [0.2, 0.25) is 0 Å². The van der Waals surface area contributed by atoms with Crippen molar-refractivity contribution in [3.63, 3.8) is 0 Å². The Morgan fingerprint density at radius 3 is 2.11 bits per heavy atom. The second-order valence-electron chi connectivity index (χ2n) is 6.53. The molecule has 1 N–H and O–H groups in total. The van der Waals surface area contributed by atoms with Crippen LogP contribution < -0.4 is 5.32 Å². The lowest BCUT2D eigenvalue weighted by molar-refractivity contribution is 0.0417. The van der Waals surface area contributed by atoms with Crippen molar-refractivity contribution in [3.05, 3.63) is 0 Å². The second-order valence-corrected chi connectivity index (χ2v) is 6.53. The minimum atomic E-state index is 0.766. The van der Waals surface area contributed by atoms with E-state index >= 15 is 0 Å². The van der Waals surface area contributed by atoms with Gasteiger partial charge < -0.3 is 10.1 Å². The standard InChI is InChI=1S/C17H33NO/c1-2-12-18-17(16-10-13-19-14-11-16)15-8-6-4-3-5-7-9-15/h15-18H,2-14H2,1H3. The highest BCUT2D eigenvalue weighted by Gasteiger charge is 2.30. The lowest BCUT2D eigenvalue weighted by atomic mass is 9.77. The van der Waals surface area contributed by atoms with Crippen molar-refractivity contribution in [1.29, 1.82) is 0 Å². The Hall–Kier alpha value is -0.0800. The molecule has 1 unspecified atom stereocenters. The molecule has 0 radical (unpaired) electrons. The van der Waals surface area contributed by atoms with Crippen molar-refractivity contribution in [2.75, 3.05) is 19.8 Å². The molecule has 0 spiro atoms. The molecule has 0 bridgehead atoms. The Labute approximate surface area is 119 Å². The Kier molecular flexibility index (Phi) is 7.23. The van der Waals surface area contributed by atoms with E-state index < -0.39 is 0 Å². The van der Waals surface area contributed by atoms with Gasteiger partial charge in [0.25, 0.3) is 0 Å². The van der Waals surface area contributed by atoms with Crippen LogP contribution >= 0.6 is 0 Å². The molecule has 2 heteroatoms. The molecule has 1 heterocycles. The van der Waals surface area contributed by atoms with Gasteiger partial charge in [-0.15, -0.1) is 0 Å². The second kappa shape index (κ2) is 8.97. The maximum atomic E-state index is 5.56. The monoisotopic (exact) mass is 267 g/mol. The number of ether oxygens (including phenoxy) is 1. The van der Waals surface area contributed by atoms with E-state index in [2.05, 4.69) is 12.2 Å². The van der Waals surface area contributed by atoms with Crippen LogP contribution in [-0.2, 0) is 4.74 Å². The molecule has 1 aliphatic heterocycles. The first-order chi connectivity index (χ1) is 9.42. The summed E-state index contributed by atoms with van der Waals surface area (Å²) in [6.45, 7) is 5.45. The van der Waals surface area contributed by atoms with Crippen LogP contribution in [0, 0.1) is 11.8 Å². The zero-order valence-electron chi connectivity index (χ0n) is 12.8. The summed E-state index contributed by atoms with van der Waals surface area (Å²) in [4.78, 5) is 0. The van der Waals surface area contributed by atoms with Gasteiger partial charge in [-0.05, 0) is 50.5 Å². The number of rotatable bonds is 5. The van der Waals surface area contributed by atoms with E-state index in [1.165, 1.54) is 70.8 Å². The molecule has 2 aliphatic rings. The molecule has 0 aromatic heterocycles. The summed E-state index contributed by atoms with van der Waals surface area (Å²) in [5, 5.41) is 3.90. The first-order valence-electron chi connectivity index (χ1n) is 8.73. The van der Waals surface area contributed by atoms with Gasteiger partial charge in [-0.2, -0.15) is 0 Å². The zero-order valence-corrected chi connectivity index (χ0v) is 12.8. The van der Waals surface area contributed by atoms with Crippen molar-refractivity contribution in [2.45, 2.75) is 77.2 Å². The van der Waals surface area contributed by atoms with Crippen molar-refractivity contribution in [3.8, 4) is 0 Å². The minimum Gasteiger partial charge on any atom is -0.381 e. The molecule has 0 aromatic carbocycles. The van der Waals surface area contributed by atoms with Crippen molar-refractivity contribution in [1.82, 2.24) is 5.32 Å². The van der Waals surface area contributed by atoms with Crippen LogP contribution in [0.4, 0.5) is 0 Å². The van der Waals surface area contributed by atoms with Gasteiger partial charge in [0, 0.05) is 19.3 Å². The molecule has 0 aromatic rings. The highest BCUT2D eigenvalue weighted by Crippen LogP contribution is 2.31. The van der Waals surface area contributed by atoms with Crippen LogP contribution in [0.2, 0.25) is 0 Å². The molecule has 1 atom stereocenters. The summed E-state index contributed by atoms with van der Waals surface area (Å²) in [6.07, 6.45) is 14.0. The molecular weight excluding hydrogens is 234 g/mol. The summed E-state index contributed by atoms with van der Waals surface area (Å²) in [5.41, 5.74) is 0. The third-order valence-corrected chi connectivity index (χ3v) is 5.06. The van der Waals surface area contributed by atoms with Crippen LogP contribution in [0.5, 0.6) is 0 Å². The average Bonchev–Trinajstić information content (AvgIpc) is 2.42. The van der Waals surface area contributed by atoms with Crippen LogP contribution in [0.25, 0.3) is 0 Å². The largest absolute Gasteiger partial charge is 0.381 e. The molecule has 2 fully saturated rings. The normalized spacial score (nSPS) is 25.7. The third kappa shape index (κ3) is 5.07. The van der Waals surface area contributed by atoms with Gasteiger partial charge in [-0.25, -0.2) is 0 Å². The van der Waals surface area contributed by atoms with Gasteiger partial charge in [0.1, 0.15) is 0 Å². The first-order valence-corrected chi connectivity index (χ1v) is 8.73. The summed E-state index contributed by atoms with van der Waals surface area (Å²) in [6, 6.07) is 0.766. The Morgan fingerprint density at radius 1 is 0.895 bits per heavy atom. The summed E-state index contributed by atoms with van der Waals surface area (Å²) >= 11 is 0. The summed E-state index contributed by atoms with van der Waals surface area (Å²) in [7, 11) is 0. The Bertz CT molecular complexity index is 217. The van der Waals surface area contributed by atoms with Crippen molar-refractivity contribution >= 4 is 0 Å². The Morgan fingerprint density at radius 2 is 1.47 bits per heavy atom. The van der Waals surface area contributed by atoms with Gasteiger partial charge in [0.15, 0.2) is 0 Å². The number of nitrogens with one attached hydrogen (secondary N) is 1. The van der Waals surface area contributed by atoms with Gasteiger partial charge in [-0.1, -0.05) is 39.0 Å². The van der Waals surface area contributed by atoms with E-state index in [0.717, 1.165) is 31.1 Å². The fraction of sp³-hybridized carbons (Fsp3) is 1.00. The molecule has 2 nitrogen and oxygen atoms in total. The molecule has 1 saturated heterocycles. The smallest absolute Gasteiger partial charge is 0.0469 e. The molecule has 19 heavy (non-hydrogen) atoms. The van der Waals surface area contributed by atoms with E-state index in [9.17, 15) is 0 Å². The summed E-state index contributed by atoms with van der Waals surface area (Å²) < 4.78 is 5.56. The molecule has 0 amide bonds. The lowest BCUT2D eigenvalue weighted by Gasteiger charge is -2.37. The number of hydrogen-bond acceptors (Lipinski definition) is 2. The van der Waals surface area contributed by atoms with Crippen LogP contribution in [0.3, 0.4) is 0 Å². The van der Waals surface area contributed by atoms with E-state index in [1.54, 1.807) is 0 Å². The predicted molar refractivity (Wildman–Crippen MR) is 81.4 cm³/mol. The van der Waals surface area contributed by atoms with Gasteiger partial charge in [0.05, 0.1) is 0 Å². The van der Waals surface area contributed by atoms with Crippen molar-refractivity contribution < 1.29 is 4.74 Å². The van der Waals surface area contributed by atoms with E-state index in [0.29, 0.717) is 0 Å². The molecule has 1 saturated carbocycles. The maximum absolute atomic E-state index is 5.56. The quantitative estimate of drug-likeness (QED) is 0.808. The van der Waals surface area contributed by atoms with Crippen LogP contribution in [0.15, 0.2) is 0 Å². The molecular formula is C17H33NO. The van der Waals surface area contributed by atoms with E-state index in [4.69, 9.17) is 4.74 Å². The molecule has 2 rings (SSSR count). The Balaban J connectivity index is 1.92. The van der Waals surface area contributed by atoms with Crippen LogP contribution in [0.1, 0.15) is 71.1 Å². The first kappa shape index (κ1) is 15.3. The van der Waals surface area contributed by atoms with Gasteiger partial charge in [-0.3, -0.25) is 0 Å². The average molecular weight is 267 g/mol. The summed E-state index contributed by atoms with van der Waals surface area (Å²) in [5.74, 6) is 1.79. The molecule has 112 valence electrons. The van der Waals surface area contributed by atoms with E-state index in [1.807, 2.05) is 0 Å². The highest BCUT2D eigenvalue weighted by molar-refractivity contribution is 4.85. The highest BCUT2D eigenvalue weighted by atomic mass is 16.5. The SMILES string of the molecule is CCCNC(C1CCCCCCC1)C1CCOCC1. The topological polar surface area (TPSA) is 21.3 Å². The number of hydrogen-bond donors (Lipinski definition) is 1. The van der Waals surface area contributed by atoms with E-state index in [-0.39, 0.29) is 0 Å². The zero-order chi connectivity index (χ0) is 13.3. The van der Waals surface area contributed by atoms with Crippen LogP contribution in [-0.4, -0.2) is 25.8 Å². The maximum Gasteiger partial charge on any atom is 0.0469 e. The third-order valence-electron chi connectivity index (χ3n) is 5.06. The fourth-order valence-electron chi connectivity index (χ4n) is 3.95. The van der Waals surface area contributed by atoms with Crippen molar-refractivity contribution in [2.24, 2.45) is 11.8 Å². The molecule has 1 aliphatic carbocycles. The lowest BCUT2D eigenvalue weighted by Crippen LogP contribution is -2.45. The van der Waals surface area contributed by atoms with Gasteiger partial charge >= 0.3 is 0 Å².